The Balaban J connectivity index is 1.36. The van der Waals surface area contributed by atoms with Crippen molar-refractivity contribution in [3.8, 4) is 5.75 Å². The number of ether oxygens (including phenoxy) is 2. The van der Waals surface area contributed by atoms with Crippen LogP contribution in [0.2, 0.25) is 5.02 Å². The number of nitrogens with one attached hydrogen (secondary N) is 1. The van der Waals surface area contributed by atoms with Crippen molar-refractivity contribution in [3.05, 3.63) is 59.1 Å². The van der Waals surface area contributed by atoms with E-state index in [0.29, 0.717) is 37.7 Å². The van der Waals surface area contributed by atoms with Gasteiger partial charge in [-0.2, -0.15) is 0 Å². The Hall–Kier alpha value is -2.08. The molecule has 0 bridgehead atoms. The van der Waals surface area contributed by atoms with Crippen LogP contribution < -0.4 is 10.1 Å². The van der Waals surface area contributed by atoms with E-state index in [9.17, 15) is 4.79 Å². The highest BCUT2D eigenvalue weighted by atomic mass is 35.5. The van der Waals surface area contributed by atoms with Crippen LogP contribution in [0.1, 0.15) is 38.7 Å². The third-order valence-electron chi connectivity index (χ3n) is 6.90. The van der Waals surface area contributed by atoms with Crippen molar-refractivity contribution in [1.29, 1.82) is 0 Å². The van der Waals surface area contributed by atoms with E-state index in [1.165, 1.54) is 6.42 Å². The number of amides is 1. The molecule has 2 aliphatic rings. The van der Waals surface area contributed by atoms with Crippen LogP contribution in [-0.2, 0) is 14.9 Å². The molecule has 2 atom stereocenters. The molecular formula is C27H35ClN2O3. The number of hydrogen-bond acceptors (Lipinski definition) is 4. The fourth-order valence-electron chi connectivity index (χ4n) is 5.34. The normalized spacial score (nSPS) is 23.1. The molecule has 0 aromatic heterocycles. The number of nitrogens with zero attached hydrogens (tertiary/aromatic N) is 1. The Morgan fingerprint density at radius 1 is 1.09 bits per heavy atom. The second-order valence-corrected chi connectivity index (χ2v) is 10.1. The lowest BCUT2D eigenvalue weighted by molar-refractivity contribution is -0.125. The van der Waals surface area contributed by atoms with E-state index in [2.05, 4.69) is 24.1 Å². The van der Waals surface area contributed by atoms with Gasteiger partial charge in [-0.1, -0.05) is 43.6 Å². The number of carbonyl (C=O) groups is 1. The molecule has 0 saturated carbocycles. The van der Waals surface area contributed by atoms with Gasteiger partial charge >= 0.3 is 0 Å². The average molecular weight is 471 g/mol. The fraction of sp³-hybridized carbons (Fsp3) is 0.519. The van der Waals surface area contributed by atoms with Crippen LogP contribution in [0.15, 0.2) is 48.5 Å². The van der Waals surface area contributed by atoms with Gasteiger partial charge in [0.1, 0.15) is 12.4 Å². The molecule has 2 fully saturated rings. The van der Waals surface area contributed by atoms with E-state index >= 15 is 0 Å². The van der Waals surface area contributed by atoms with Gasteiger partial charge in [0.05, 0.1) is 5.41 Å². The van der Waals surface area contributed by atoms with Crippen molar-refractivity contribution in [1.82, 2.24) is 4.90 Å². The number of halogens is 1. The molecule has 4 rings (SSSR count). The molecule has 2 aromatic rings. The summed E-state index contributed by atoms with van der Waals surface area (Å²) in [6.07, 6.45) is 2.53. The molecule has 1 N–H and O–H groups in total. The highest BCUT2D eigenvalue weighted by molar-refractivity contribution is 6.31. The summed E-state index contributed by atoms with van der Waals surface area (Å²) in [6, 6.07) is 15.3. The van der Waals surface area contributed by atoms with Crippen LogP contribution >= 0.6 is 11.6 Å². The number of hydrogen-bond donors (Lipinski definition) is 1. The van der Waals surface area contributed by atoms with Crippen LogP contribution in [0.25, 0.3) is 0 Å². The van der Waals surface area contributed by atoms with Crippen molar-refractivity contribution < 1.29 is 14.3 Å². The van der Waals surface area contributed by atoms with Crippen LogP contribution in [0.4, 0.5) is 5.69 Å². The van der Waals surface area contributed by atoms with Gasteiger partial charge in [-0.25, -0.2) is 0 Å². The lowest BCUT2D eigenvalue weighted by Gasteiger charge is -2.36. The summed E-state index contributed by atoms with van der Waals surface area (Å²) >= 11 is 6.49. The lowest BCUT2D eigenvalue weighted by atomic mass is 9.73. The maximum atomic E-state index is 13.5. The third-order valence-corrected chi connectivity index (χ3v) is 7.23. The summed E-state index contributed by atoms with van der Waals surface area (Å²) in [5, 5.41) is 3.73. The molecule has 5 nitrogen and oxygen atoms in total. The maximum Gasteiger partial charge on any atom is 0.235 e. The predicted octanol–water partition coefficient (Wildman–Crippen LogP) is 5.38. The second kappa shape index (κ2) is 10.9. The first kappa shape index (κ1) is 24.1. The molecule has 6 heteroatoms. The maximum absolute atomic E-state index is 13.5. The summed E-state index contributed by atoms with van der Waals surface area (Å²) in [5.74, 6) is 2.28. The van der Waals surface area contributed by atoms with E-state index in [4.69, 9.17) is 21.1 Å². The van der Waals surface area contributed by atoms with Gasteiger partial charge in [0.15, 0.2) is 0 Å². The van der Waals surface area contributed by atoms with Crippen molar-refractivity contribution in [2.45, 2.75) is 38.5 Å². The quantitative estimate of drug-likeness (QED) is 0.590. The third kappa shape index (κ3) is 5.89. The number of carbonyl (C=O) groups excluding carboxylic acids is 1. The molecule has 0 unspecified atom stereocenters. The molecule has 178 valence electrons. The SMILES string of the molecule is C[C@H]1C[C@H](C)CN(CCOc2ccc(NC(=O)C3(c4ccccc4Cl)CCOCC3)cc2)C1. The number of likely N-dealkylation sites (tertiary alicyclic amines) is 1. The smallest absolute Gasteiger partial charge is 0.235 e. The molecule has 2 saturated heterocycles. The largest absolute Gasteiger partial charge is 0.492 e. The zero-order chi connectivity index (χ0) is 23.3. The molecular weight excluding hydrogens is 436 g/mol. The highest BCUT2D eigenvalue weighted by Crippen LogP contribution is 2.39. The van der Waals surface area contributed by atoms with Gasteiger partial charge in [0.25, 0.3) is 0 Å². The van der Waals surface area contributed by atoms with E-state index in [1.807, 2.05) is 48.5 Å². The Morgan fingerprint density at radius 3 is 2.42 bits per heavy atom. The summed E-state index contributed by atoms with van der Waals surface area (Å²) in [6.45, 7) is 9.64. The number of piperidine rings is 1. The van der Waals surface area contributed by atoms with Gasteiger partial charge < -0.3 is 14.8 Å². The average Bonchev–Trinajstić information content (AvgIpc) is 2.80. The minimum atomic E-state index is -0.686. The topological polar surface area (TPSA) is 50.8 Å². The zero-order valence-corrected chi connectivity index (χ0v) is 20.4. The second-order valence-electron chi connectivity index (χ2n) is 9.71. The van der Waals surface area contributed by atoms with Crippen LogP contribution in [0.3, 0.4) is 0 Å². The molecule has 1 amide bonds. The number of benzene rings is 2. The van der Waals surface area contributed by atoms with Gasteiger partial charge in [0.2, 0.25) is 5.91 Å². The Kier molecular flexibility index (Phi) is 7.94. The lowest BCUT2D eigenvalue weighted by Crippen LogP contribution is -2.45. The van der Waals surface area contributed by atoms with Crippen molar-refractivity contribution in [2.75, 3.05) is 44.8 Å². The minimum absolute atomic E-state index is 0.0408. The van der Waals surface area contributed by atoms with Crippen LogP contribution in [0, 0.1) is 11.8 Å². The molecule has 0 radical (unpaired) electrons. The Morgan fingerprint density at radius 2 is 1.76 bits per heavy atom. The minimum Gasteiger partial charge on any atom is -0.492 e. The van der Waals surface area contributed by atoms with E-state index in [0.717, 1.165) is 48.5 Å². The van der Waals surface area contributed by atoms with E-state index < -0.39 is 5.41 Å². The van der Waals surface area contributed by atoms with Crippen molar-refractivity contribution >= 4 is 23.2 Å². The Bertz CT molecular complexity index is 917. The monoisotopic (exact) mass is 470 g/mol. The summed E-state index contributed by atoms with van der Waals surface area (Å²) in [4.78, 5) is 16.0. The first-order valence-electron chi connectivity index (χ1n) is 12.1. The zero-order valence-electron chi connectivity index (χ0n) is 19.7. The Labute approximate surface area is 202 Å². The van der Waals surface area contributed by atoms with E-state index in [-0.39, 0.29) is 5.91 Å². The number of anilines is 1. The predicted molar refractivity (Wildman–Crippen MR) is 133 cm³/mol. The van der Waals surface area contributed by atoms with Gasteiger partial charge in [-0.05, 0) is 67.0 Å². The van der Waals surface area contributed by atoms with Crippen LogP contribution in [-0.4, -0.2) is 50.3 Å². The molecule has 2 aromatic carbocycles. The molecule has 2 heterocycles. The molecule has 0 spiro atoms. The summed E-state index contributed by atoms with van der Waals surface area (Å²) in [5.41, 5.74) is 0.937. The molecule has 2 aliphatic heterocycles. The van der Waals surface area contributed by atoms with Crippen molar-refractivity contribution in [2.24, 2.45) is 11.8 Å². The molecule has 0 aliphatic carbocycles. The van der Waals surface area contributed by atoms with Gasteiger partial charge in [-0.3, -0.25) is 9.69 Å². The van der Waals surface area contributed by atoms with Gasteiger partial charge in [-0.15, -0.1) is 0 Å². The summed E-state index contributed by atoms with van der Waals surface area (Å²) < 4.78 is 11.5. The van der Waals surface area contributed by atoms with Crippen molar-refractivity contribution in [3.63, 3.8) is 0 Å². The van der Waals surface area contributed by atoms with Crippen LogP contribution in [0.5, 0.6) is 5.75 Å². The van der Waals surface area contributed by atoms with Gasteiger partial charge in [0, 0.05) is 43.6 Å². The number of rotatable bonds is 7. The molecule has 33 heavy (non-hydrogen) atoms. The standard InChI is InChI=1S/C27H35ClN2O3/c1-20-17-21(2)19-30(18-20)13-16-33-23-9-7-22(8-10-23)29-26(31)27(11-14-32-15-12-27)24-5-3-4-6-25(24)28/h3-10,20-21H,11-19H2,1-2H3,(H,29,31)/t20-,21-/m0/s1. The first-order valence-corrected chi connectivity index (χ1v) is 12.4. The first-order chi connectivity index (χ1) is 16.0. The summed E-state index contributed by atoms with van der Waals surface area (Å²) in [7, 11) is 0. The fourth-order valence-corrected chi connectivity index (χ4v) is 5.66. The highest BCUT2D eigenvalue weighted by Gasteiger charge is 2.43. The van der Waals surface area contributed by atoms with E-state index in [1.54, 1.807) is 0 Å².